The number of rotatable bonds is 5. The lowest BCUT2D eigenvalue weighted by Gasteiger charge is -2.17. The van der Waals surface area contributed by atoms with Gasteiger partial charge in [-0.15, -0.1) is 0 Å². The van der Waals surface area contributed by atoms with Gasteiger partial charge >= 0.3 is 0 Å². The van der Waals surface area contributed by atoms with Crippen LogP contribution < -0.4 is 22.9 Å². The van der Waals surface area contributed by atoms with E-state index in [2.05, 4.69) is 5.73 Å². The van der Waals surface area contributed by atoms with Crippen LogP contribution in [0.1, 0.15) is 23.5 Å². The van der Waals surface area contributed by atoms with Gasteiger partial charge < -0.3 is 22.9 Å². The van der Waals surface area contributed by atoms with Crippen LogP contribution in [0.5, 0.6) is 5.75 Å². The van der Waals surface area contributed by atoms with Crippen LogP contribution >= 0.6 is 0 Å². The third kappa shape index (κ3) is 3.95. The van der Waals surface area contributed by atoms with E-state index in [9.17, 15) is 4.39 Å². The molecule has 1 unspecified atom stereocenters. The molecule has 2 rings (SSSR count). The number of benzene rings is 2. The Balaban J connectivity index is 0.00000200. The van der Waals surface area contributed by atoms with Crippen LogP contribution in [-0.2, 0) is 0 Å². The first kappa shape index (κ1) is 16.5. The van der Waals surface area contributed by atoms with E-state index in [1.54, 1.807) is 19.2 Å². The lowest BCUT2D eigenvalue weighted by molar-refractivity contribution is -0.368. The minimum Gasteiger partial charge on any atom is -1.00 e. The smallest absolute Gasteiger partial charge is 0.123 e. The van der Waals surface area contributed by atoms with E-state index in [-0.39, 0.29) is 24.1 Å². The topological polar surface area (TPSA) is 36.9 Å². The fraction of sp³-hybridized carbons (Fsp3) is 0.250. The molecule has 0 radical (unpaired) electrons. The van der Waals surface area contributed by atoms with Gasteiger partial charge in [0.05, 0.1) is 13.7 Å². The molecule has 0 aromatic heterocycles. The highest BCUT2D eigenvalue weighted by Gasteiger charge is 2.14. The number of halogens is 2. The molecule has 2 aromatic carbocycles. The number of hydrogen-bond donors (Lipinski definition) is 1. The van der Waals surface area contributed by atoms with Gasteiger partial charge in [0, 0.05) is 12.3 Å². The molecule has 0 spiro atoms. The van der Waals surface area contributed by atoms with E-state index in [1.807, 2.05) is 30.3 Å². The molecule has 108 valence electrons. The van der Waals surface area contributed by atoms with Crippen molar-refractivity contribution in [3.8, 4) is 5.75 Å². The summed E-state index contributed by atoms with van der Waals surface area (Å²) in [5.41, 5.74) is 6.07. The number of methoxy groups -OCH3 is 1. The summed E-state index contributed by atoms with van der Waals surface area (Å²) in [4.78, 5) is 0. The first-order chi connectivity index (χ1) is 9.24. The maximum Gasteiger partial charge on any atom is 0.123 e. The molecule has 0 saturated heterocycles. The highest BCUT2D eigenvalue weighted by atomic mass is 35.5. The first-order valence-corrected chi connectivity index (χ1v) is 6.43. The Labute approximate surface area is 125 Å². The number of quaternary nitrogens is 1. The standard InChI is InChI=1S/C16H18FNO.ClH/c1-19-15-7-5-12(6-8-15)16(9-10-18)13-3-2-4-14(17)11-13;/h2-8,11,16H,9-10,18H2,1H3;1H. The van der Waals surface area contributed by atoms with Crippen molar-refractivity contribution in [1.29, 1.82) is 0 Å². The molecular weight excluding hydrogens is 277 g/mol. The Morgan fingerprint density at radius 1 is 1.10 bits per heavy atom. The van der Waals surface area contributed by atoms with Gasteiger partial charge in [0.1, 0.15) is 11.6 Å². The second kappa shape index (κ2) is 7.88. The summed E-state index contributed by atoms with van der Waals surface area (Å²) in [5, 5.41) is 0. The molecular formula is C16H19ClFNO. The monoisotopic (exact) mass is 295 g/mol. The minimum atomic E-state index is -0.194. The molecule has 1 atom stereocenters. The summed E-state index contributed by atoms with van der Waals surface area (Å²) in [6.45, 7) is 0.813. The van der Waals surface area contributed by atoms with Crippen LogP contribution in [-0.4, -0.2) is 13.7 Å². The van der Waals surface area contributed by atoms with Gasteiger partial charge in [-0.1, -0.05) is 24.3 Å². The molecule has 0 bridgehead atoms. The van der Waals surface area contributed by atoms with Gasteiger partial charge in [-0.3, -0.25) is 0 Å². The van der Waals surface area contributed by atoms with Crippen molar-refractivity contribution in [2.24, 2.45) is 0 Å². The second-order valence-corrected chi connectivity index (χ2v) is 4.52. The fourth-order valence-corrected chi connectivity index (χ4v) is 2.29. The molecule has 0 aliphatic heterocycles. The Kier molecular flexibility index (Phi) is 6.49. The van der Waals surface area contributed by atoms with E-state index >= 15 is 0 Å². The van der Waals surface area contributed by atoms with Gasteiger partial charge in [0.25, 0.3) is 0 Å². The van der Waals surface area contributed by atoms with E-state index in [1.165, 1.54) is 6.07 Å². The van der Waals surface area contributed by atoms with Crippen molar-refractivity contribution >= 4 is 0 Å². The summed E-state index contributed by atoms with van der Waals surface area (Å²) < 4.78 is 18.5. The summed E-state index contributed by atoms with van der Waals surface area (Å²) in [5.74, 6) is 0.815. The molecule has 0 fully saturated rings. The van der Waals surface area contributed by atoms with Crippen LogP contribution in [0.3, 0.4) is 0 Å². The summed E-state index contributed by atoms with van der Waals surface area (Å²) in [6, 6.07) is 14.7. The Hall–Kier alpha value is -1.58. The lowest BCUT2D eigenvalue weighted by atomic mass is 9.88. The van der Waals surface area contributed by atoms with Crippen LogP contribution in [0.4, 0.5) is 4.39 Å². The quantitative estimate of drug-likeness (QED) is 0.801. The molecule has 0 heterocycles. The van der Waals surface area contributed by atoms with Crippen molar-refractivity contribution in [2.75, 3.05) is 13.7 Å². The summed E-state index contributed by atoms with van der Waals surface area (Å²) >= 11 is 0. The Morgan fingerprint density at radius 2 is 1.80 bits per heavy atom. The van der Waals surface area contributed by atoms with Crippen LogP contribution in [0.2, 0.25) is 0 Å². The van der Waals surface area contributed by atoms with Gasteiger partial charge in [0.2, 0.25) is 0 Å². The normalized spacial score (nSPS) is 11.6. The molecule has 0 aliphatic rings. The molecule has 0 saturated carbocycles. The van der Waals surface area contributed by atoms with Crippen LogP contribution in [0.15, 0.2) is 48.5 Å². The zero-order valence-corrected chi connectivity index (χ0v) is 12.2. The van der Waals surface area contributed by atoms with Crippen molar-refractivity contribution < 1.29 is 27.3 Å². The highest BCUT2D eigenvalue weighted by Crippen LogP contribution is 2.29. The Morgan fingerprint density at radius 3 is 2.35 bits per heavy atom. The third-order valence-corrected chi connectivity index (χ3v) is 3.26. The largest absolute Gasteiger partial charge is 1.00 e. The van der Waals surface area contributed by atoms with Gasteiger partial charge in [-0.2, -0.15) is 0 Å². The SMILES string of the molecule is COc1ccc(C(CC[NH3+])c2cccc(F)c2)cc1.[Cl-]. The minimum absolute atomic E-state index is 0. The maximum absolute atomic E-state index is 13.4. The van der Waals surface area contributed by atoms with Gasteiger partial charge in [0.15, 0.2) is 0 Å². The van der Waals surface area contributed by atoms with E-state index in [4.69, 9.17) is 4.74 Å². The molecule has 3 N–H and O–H groups in total. The highest BCUT2D eigenvalue weighted by molar-refractivity contribution is 5.36. The zero-order chi connectivity index (χ0) is 13.7. The van der Waals surface area contributed by atoms with Gasteiger partial charge in [-0.25, -0.2) is 4.39 Å². The number of hydrogen-bond acceptors (Lipinski definition) is 1. The summed E-state index contributed by atoms with van der Waals surface area (Å²) in [6.07, 6.45) is 0.899. The molecule has 20 heavy (non-hydrogen) atoms. The lowest BCUT2D eigenvalue weighted by Crippen LogP contribution is -3.00. The fourth-order valence-electron chi connectivity index (χ4n) is 2.29. The number of ether oxygens (including phenoxy) is 1. The van der Waals surface area contributed by atoms with E-state index in [0.29, 0.717) is 0 Å². The molecule has 0 aliphatic carbocycles. The summed E-state index contributed by atoms with van der Waals surface area (Å²) in [7, 11) is 1.65. The van der Waals surface area contributed by atoms with Crippen LogP contribution in [0.25, 0.3) is 0 Å². The van der Waals surface area contributed by atoms with Gasteiger partial charge in [-0.05, 0) is 35.4 Å². The first-order valence-electron chi connectivity index (χ1n) is 6.43. The Bertz CT molecular complexity index is 530. The average Bonchev–Trinajstić information content (AvgIpc) is 2.45. The maximum atomic E-state index is 13.4. The van der Waals surface area contributed by atoms with Crippen LogP contribution in [0, 0.1) is 5.82 Å². The molecule has 0 amide bonds. The van der Waals surface area contributed by atoms with Crippen molar-refractivity contribution in [3.63, 3.8) is 0 Å². The molecule has 4 heteroatoms. The predicted molar refractivity (Wildman–Crippen MR) is 73.6 cm³/mol. The van der Waals surface area contributed by atoms with Crippen molar-refractivity contribution in [3.05, 3.63) is 65.5 Å². The van der Waals surface area contributed by atoms with Crippen molar-refractivity contribution in [2.45, 2.75) is 12.3 Å². The third-order valence-electron chi connectivity index (χ3n) is 3.26. The second-order valence-electron chi connectivity index (χ2n) is 4.52. The van der Waals surface area contributed by atoms with E-state index in [0.717, 1.165) is 29.8 Å². The average molecular weight is 296 g/mol. The predicted octanol–water partition coefficient (Wildman–Crippen LogP) is -0.398. The van der Waals surface area contributed by atoms with E-state index < -0.39 is 0 Å². The molecule has 2 nitrogen and oxygen atoms in total. The zero-order valence-electron chi connectivity index (χ0n) is 11.5. The van der Waals surface area contributed by atoms with Crippen molar-refractivity contribution in [1.82, 2.24) is 0 Å². The molecule has 2 aromatic rings.